The number of hydrogen-bond acceptors (Lipinski definition) is 3. The Balaban J connectivity index is 2.58. The lowest BCUT2D eigenvalue weighted by molar-refractivity contribution is 0.322. The predicted molar refractivity (Wildman–Crippen MR) is 60.1 cm³/mol. The molecule has 0 aliphatic heterocycles. The van der Waals surface area contributed by atoms with Crippen LogP contribution in [0.3, 0.4) is 0 Å². The number of para-hydroxylation sites is 2. The molecule has 0 saturated heterocycles. The van der Waals surface area contributed by atoms with Crippen molar-refractivity contribution in [2.24, 2.45) is 0 Å². The average molecular weight is 202 g/mol. The molecule has 3 heteroatoms. The summed E-state index contributed by atoms with van der Waals surface area (Å²) in [4.78, 5) is 8.98. The fourth-order valence-corrected chi connectivity index (χ4v) is 1.50. The van der Waals surface area contributed by atoms with E-state index < -0.39 is 0 Å². The Hall–Kier alpha value is -1.64. The molecule has 1 heterocycles. The van der Waals surface area contributed by atoms with Crippen LogP contribution in [-0.4, -0.2) is 16.6 Å². The monoisotopic (exact) mass is 202 g/mol. The van der Waals surface area contributed by atoms with Gasteiger partial charge in [0.25, 0.3) is 0 Å². The number of rotatable bonds is 3. The summed E-state index contributed by atoms with van der Waals surface area (Å²) in [5, 5.41) is 0. The zero-order valence-electron chi connectivity index (χ0n) is 9.03. The van der Waals surface area contributed by atoms with E-state index >= 15 is 0 Å². The van der Waals surface area contributed by atoms with Crippen molar-refractivity contribution in [2.45, 2.75) is 20.3 Å². The molecule has 0 bridgehead atoms. The lowest BCUT2D eigenvalue weighted by atomic mass is 10.2. The summed E-state index contributed by atoms with van der Waals surface area (Å²) >= 11 is 0. The van der Waals surface area contributed by atoms with Crippen molar-refractivity contribution in [2.75, 3.05) is 6.61 Å². The Bertz CT molecular complexity index is 468. The van der Waals surface area contributed by atoms with Gasteiger partial charge in [0.05, 0.1) is 17.6 Å². The van der Waals surface area contributed by atoms with Crippen molar-refractivity contribution >= 4 is 11.0 Å². The first-order valence-electron chi connectivity index (χ1n) is 5.23. The first kappa shape index (κ1) is 9.90. The smallest absolute Gasteiger partial charge is 0.236 e. The Morgan fingerprint density at radius 1 is 1.07 bits per heavy atom. The van der Waals surface area contributed by atoms with E-state index in [1.54, 1.807) is 0 Å². The van der Waals surface area contributed by atoms with Gasteiger partial charge < -0.3 is 4.74 Å². The van der Waals surface area contributed by atoms with Gasteiger partial charge in [0.2, 0.25) is 5.88 Å². The highest BCUT2D eigenvalue weighted by molar-refractivity contribution is 5.74. The molecule has 0 unspecified atom stereocenters. The van der Waals surface area contributed by atoms with E-state index in [-0.39, 0.29) is 0 Å². The molecular weight excluding hydrogens is 188 g/mol. The lowest BCUT2D eigenvalue weighted by Crippen LogP contribution is -2.01. The molecule has 0 amide bonds. The third-order valence-electron chi connectivity index (χ3n) is 2.22. The van der Waals surface area contributed by atoms with E-state index in [9.17, 15) is 0 Å². The molecular formula is C12H14N2O. The predicted octanol–water partition coefficient (Wildman–Crippen LogP) is 2.59. The Kier molecular flexibility index (Phi) is 2.81. The highest BCUT2D eigenvalue weighted by atomic mass is 16.5. The molecule has 0 aliphatic rings. The van der Waals surface area contributed by atoms with E-state index in [1.807, 2.05) is 31.2 Å². The van der Waals surface area contributed by atoms with Gasteiger partial charge in [-0.2, -0.15) is 0 Å². The van der Waals surface area contributed by atoms with E-state index in [4.69, 9.17) is 4.74 Å². The number of benzene rings is 1. The van der Waals surface area contributed by atoms with Crippen LogP contribution in [-0.2, 0) is 6.42 Å². The van der Waals surface area contributed by atoms with Gasteiger partial charge in [-0.25, -0.2) is 9.97 Å². The number of aryl methyl sites for hydroxylation is 1. The first-order valence-corrected chi connectivity index (χ1v) is 5.23. The Morgan fingerprint density at radius 3 is 2.33 bits per heavy atom. The largest absolute Gasteiger partial charge is 0.477 e. The summed E-state index contributed by atoms with van der Waals surface area (Å²) in [5.41, 5.74) is 2.74. The van der Waals surface area contributed by atoms with Crippen molar-refractivity contribution in [3.63, 3.8) is 0 Å². The van der Waals surface area contributed by atoms with Gasteiger partial charge in [-0.1, -0.05) is 19.1 Å². The quantitative estimate of drug-likeness (QED) is 0.767. The molecule has 78 valence electrons. The number of hydrogen-bond donors (Lipinski definition) is 0. The van der Waals surface area contributed by atoms with Crippen molar-refractivity contribution in [1.82, 2.24) is 9.97 Å². The molecule has 0 N–H and O–H groups in total. The van der Waals surface area contributed by atoms with Gasteiger partial charge in [0, 0.05) is 0 Å². The zero-order chi connectivity index (χ0) is 10.7. The topological polar surface area (TPSA) is 35.0 Å². The van der Waals surface area contributed by atoms with E-state index in [0.29, 0.717) is 12.5 Å². The van der Waals surface area contributed by atoms with Crippen LogP contribution in [0.2, 0.25) is 0 Å². The molecule has 15 heavy (non-hydrogen) atoms. The van der Waals surface area contributed by atoms with Gasteiger partial charge in [0.15, 0.2) is 0 Å². The summed E-state index contributed by atoms with van der Waals surface area (Å²) < 4.78 is 5.46. The molecule has 3 nitrogen and oxygen atoms in total. The summed E-state index contributed by atoms with van der Waals surface area (Å²) in [5.74, 6) is 0.665. The standard InChI is InChI=1S/C12H14N2O/c1-3-9-12(15-4-2)14-11-8-6-5-7-10(11)13-9/h5-8H,3-4H2,1-2H3. The van der Waals surface area contributed by atoms with Gasteiger partial charge in [-0.05, 0) is 25.5 Å². The van der Waals surface area contributed by atoms with Crippen molar-refractivity contribution in [3.8, 4) is 5.88 Å². The second-order valence-electron chi connectivity index (χ2n) is 3.25. The van der Waals surface area contributed by atoms with Crippen LogP contribution in [0.5, 0.6) is 5.88 Å². The normalized spacial score (nSPS) is 10.5. The molecule has 0 atom stereocenters. The summed E-state index contributed by atoms with van der Waals surface area (Å²) in [6.45, 7) is 4.64. The highest BCUT2D eigenvalue weighted by Gasteiger charge is 2.07. The van der Waals surface area contributed by atoms with E-state index in [0.717, 1.165) is 23.1 Å². The number of fused-ring (bicyclic) bond motifs is 1. The first-order chi connectivity index (χ1) is 7.35. The van der Waals surface area contributed by atoms with Crippen LogP contribution in [0.4, 0.5) is 0 Å². The van der Waals surface area contributed by atoms with Crippen LogP contribution in [0.25, 0.3) is 11.0 Å². The van der Waals surface area contributed by atoms with Crippen molar-refractivity contribution in [1.29, 1.82) is 0 Å². The van der Waals surface area contributed by atoms with Crippen LogP contribution < -0.4 is 4.74 Å². The second kappa shape index (κ2) is 4.26. The third-order valence-corrected chi connectivity index (χ3v) is 2.22. The minimum atomic E-state index is 0.625. The third kappa shape index (κ3) is 1.91. The number of aromatic nitrogens is 2. The Labute approximate surface area is 89.1 Å². The second-order valence-corrected chi connectivity index (χ2v) is 3.25. The molecule has 2 rings (SSSR count). The van der Waals surface area contributed by atoms with Crippen molar-refractivity contribution in [3.05, 3.63) is 30.0 Å². The maximum atomic E-state index is 5.46. The fraction of sp³-hybridized carbons (Fsp3) is 0.333. The molecule has 1 aromatic carbocycles. The van der Waals surface area contributed by atoms with Gasteiger partial charge in [-0.15, -0.1) is 0 Å². The minimum Gasteiger partial charge on any atom is -0.477 e. The molecule has 2 aromatic rings. The average Bonchev–Trinajstić information content (AvgIpc) is 2.28. The van der Waals surface area contributed by atoms with Crippen LogP contribution in [0.1, 0.15) is 19.5 Å². The molecule has 0 spiro atoms. The maximum absolute atomic E-state index is 5.46. The zero-order valence-corrected chi connectivity index (χ0v) is 9.03. The Morgan fingerprint density at radius 2 is 1.73 bits per heavy atom. The van der Waals surface area contributed by atoms with Gasteiger partial charge in [-0.3, -0.25) is 0 Å². The molecule has 0 fully saturated rings. The molecule has 1 aromatic heterocycles. The fourth-order valence-electron chi connectivity index (χ4n) is 1.50. The number of ether oxygens (including phenoxy) is 1. The van der Waals surface area contributed by atoms with E-state index in [1.165, 1.54) is 0 Å². The SMILES string of the molecule is CCOc1nc2ccccc2nc1CC. The van der Waals surface area contributed by atoms with Crippen LogP contribution in [0.15, 0.2) is 24.3 Å². The van der Waals surface area contributed by atoms with Crippen LogP contribution >= 0.6 is 0 Å². The molecule has 0 radical (unpaired) electrons. The summed E-state index contributed by atoms with van der Waals surface area (Å²) in [6.07, 6.45) is 0.840. The number of nitrogens with zero attached hydrogens (tertiary/aromatic N) is 2. The van der Waals surface area contributed by atoms with Crippen LogP contribution in [0, 0.1) is 0 Å². The lowest BCUT2D eigenvalue weighted by Gasteiger charge is -2.07. The molecule has 0 aliphatic carbocycles. The summed E-state index contributed by atoms with van der Waals surface area (Å²) in [7, 11) is 0. The minimum absolute atomic E-state index is 0.625. The summed E-state index contributed by atoms with van der Waals surface area (Å²) in [6, 6.07) is 7.84. The van der Waals surface area contributed by atoms with E-state index in [2.05, 4.69) is 16.9 Å². The van der Waals surface area contributed by atoms with Gasteiger partial charge >= 0.3 is 0 Å². The maximum Gasteiger partial charge on any atom is 0.236 e. The molecule has 0 saturated carbocycles. The highest BCUT2D eigenvalue weighted by Crippen LogP contribution is 2.18. The van der Waals surface area contributed by atoms with Crippen molar-refractivity contribution < 1.29 is 4.74 Å². The van der Waals surface area contributed by atoms with Gasteiger partial charge in [0.1, 0.15) is 5.69 Å².